The lowest BCUT2D eigenvalue weighted by Gasteiger charge is -2.10. The average Bonchev–Trinajstić information content (AvgIpc) is 2.70. The number of nitro groups is 1. The van der Waals surface area contributed by atoms with Gasteiger partial charge in [0.2, 0.25) is 0 Å². The van der Waals surface area contributed by atoms with Crippen molar-refractivity contribution < 1.29 is 22.9 Å². The summed E-state index contributed by atoms with van der Waals surface area (Å²) in [7, 11) is -4.24. The second kappa shape index (κ2) is 8.43. The standard InChI is InChI=1S/C18H14ClN3O6S/c19-16-8-7-15(10-17(16)22(24)25)29(26,27)21-20-18(23)11-28-14-6-5-12-3-1-2-4-13(12)9-14/h1-10,21H,11H2,(H,20,23). The number of nitrogens with one attached hydrogen (secondary N) is 2. The molecule has 0 unspecified atom stereocenters. The van der Waals surface area contributed by atoms with Crippen molar-refractivity contribution in [2.24, 2.45) is 0 Å². The molecular formula is C18H14ClN3O6S. The number of fused-ring (bicyclic) bond motifs is 1. The number of hydrogen-bond acceptors (Lipinski definition) is 6. The van der Waals surface area contributed by atoms with E-state index in [9.17, 15) is 23.3 Å². The summed E-state index contributed by atoms with van der Waals surface area (Å²) in [5, 5.41) is 12.6. The first-order chi connectivity index (χ1) is 13.8. The van der Waals surface area contributed by atoms with E-state index in [-0.39, 0.29) is 5.02 Å². The predicted molar refractivity (Wildman–Crippen MR) is 106 cm³/mol. The molecule has 0 fully saturated rings. The molecule has 29 heavy (non-hydrogen) atoms. The number of sulfonamides is 1. The zero-order valence-electron chi connectivity index (χ0n) is 14.7. The second-order valence-electron chi connectivity index (χ2n) is 5.82. The number of carbonyl (C=O) groups is 1. The Hall–Kier alpha value is -3.21. The van der Waals surface area contributed by atoms with Gasteiger partial charge in [-0.2, -0.15) is 0 Å². The van der Waals surface area contributed by atoms with Gasteiger partial charge in [-0.3, -0.25) is 20.3 Å². The molecule has 0 aliphatic rings. The van der Waals surface area contributed by atoms with Crippen LogP contribution in [-0.2, 0) is 14.8 Å². The van der Waals surface area contributed by atoms with E-state index in [1.54, 1.807) is 12.1 Å². The molecule has 0 saturated heterocycles. The van der Waals surface area contributed by atoms with Gasteiger partial charge in [-0.05, 0) is 35.0 Å². The minimum Gasteiger partial charge on any atom is -0.484 e. The number of nitrogens with zero attached hydrogens (tertiary/aromatic N) is 1. The molecule has 3 aromatic carbocycles. The number of hydrogen-bond donors (Lipinski definition) is 2. The molecule has 0 spiro atoms. The lowest BCUT2D eigenvalue weighted by atomic mass is 10.1. The van der Waals surface area contributed by atoms with E-state index < -0.39 is 38.0 Å². The maximum Gasteiger partial charge on any atom is 0.289 e. The van der Waals surface area contributed by atoms with Gasteiger partial charge in [-0.25, -0.2) is 8.42 Å². The van der Waals surface area contributed by atoms with Crippen LogP contribution in [0, 0.1) is 10.1 Å². The van der Waals surface area contributed by atoms with Gasteiger partial charge in [0.1, 0.15) is 10.8 Å². The van der Waals surface area contributed by atoms with Crippen molar-refractivity contribution in [3.63, 3.8) is 0 Å². The third-order valence-corrected chi connectivity index (χ3v) is 5.41. The molecule has 11 heteroatoms. The van der Waals surface area contributed by atoms with Crippen LogP contribution < -0.4 is 15.0 Å². The van der Waals surface area contributed by atoms with Crippen LogP contribution in [0.2, 0.25) is 5.02 Å². The molecule has 0 aliphatic carbocycles. The van der Waals surface area contributed by atoms with E-state index in [1.165, 1.54) is 0 Å². The molecule has 0 aliphatic heterocycles. The van der Waals surface area contributed by atoms with Gasteiger partial charge in [-0.15, -0.1) is 4.83 Å². The number of carbonyl (C=O) groups excluding carboxylic acids is 1. The minimum atomic E-state index is -4.24. The van der Waals surface area contributed by atoms with Crippen LogP contribution in [0.15, 0.2) is 65.6 Å². The van der Waals surface area contributed by atoms with Gasteiger partial charge in [0.15, 0.2) is 6.61 Å². The third-order valence-electron chi connectivity index (χ3n) is 3.84. The smallest absolute Gasteiger partial charge is 0.289 e. The van der Waals surface area contributed by atoms with Crippen molar-refractivity contribution in [2.45, 2.75) is 4.90 Å². The predicted octanol–water partition coefficient (Wildman–Crippen LogP) is 2.79. The van der Waals surface area contributed by atoms with Crippen molar-refractivity contribution in [1.29, 1.82) is 0 Å². The minimum absolute atomic E-state index is 0.207. The summed E-state index contributed by atoms with van der Waals surface area (Å²) in [6, 6.07) is 15.8. The Bertz CT molecular complexity index is 1200. The summed E-state index contributed by atoms with van der Waals surface area (Å²) in [5.41, 5.74) is 1.42. The Morgan fingerprint density at radius 1 is 1.07 bits per heavy atom. The third kappa shape index (κ3) is 4.99. The van der Waals surface area contributed by atoms with Crippen LogP contribution >= 0.6 is 11.6 Å². The fraction of sp³-hybridized carbons (Fsp3) is 0.0556. The largest absolute Gasteiger partial charge is 0.484 e. The van der Waals surface area contributed by atoms with Gasteiger partial charge >= 0.3 is 0 Å². The highest BCUT2D eigenvalue weighted by molar-refractivity contribution is 7.89. The van der Waals surface area contributed by atoms with Gasteiger partial charge in [0.05, 0.1) is 9.82 Å². The van der Waals surface area contributed by atoms with Crippen LogP contribution in [-0.4, -0.2) is 25.9 Å². The van der Waals surface area contributed by atoms with Crippen LogP contribution in [0.3, 0.4) is 0 Å². The molecule has 3 aromatic rings. The molecule has 1 amide bonds. The molecule has 2 N–H and O–H groups in total. The Morgan fingerprint density at radius 2 is 1.79 bits per heavy atom. The lowest BCUT2D eigenvalue weighted by Crippen LogP contribution is -2.43. The average molecular weight is 436 g/mol. The van der Waals surface area contributed by atoms with Crippen molar-refractivity contribution in [1.82, 2.24) is 10.3 Å². The summed E-state index contributed by atoms with van der Waals surface area (Å²) in [6.07, 6.45) is 0. The zero-order valence-corrected chi connectivity index (χ0v) is 16.2. The summed E-state index contributed by atoms with van der Waals surface area (Å²) in [6.45, 7) is -0.443. The molecule has 0 aromatic heterocycles. The number of benzene rings is 3. The highest BCUT2D eigenvalue weighted by atomic mass is 35.5. The van der Waals surface area contributed by atoms with Crippen molar-refractivity contribution in [3.8, 4) is 5.75 Å². The van der Waals surface area contributed by atoms with Gasteiger partial charge in [0.25, 0.3) is 21.6 Å². The van der Waals surface area contributed by atoms with E-state index in [0.717, 1.165) is 29.0 Å². The Morgan fingerprint density at radius 3 is 2.52 bits per heavy atom. The molecule has 0 heterocycles. The first kappa shape index (κ1) is 20.5. The fourth-order valence-corrected chi connectivity index (χ4v) is 3.49. The Kier molecular flexibility index (Phi) is 5.97. The topological polar surface area (TPSA) is 128 Å². The fourth-order valence-electron chi connectivity index (χ4n) is 2.42. The van der Waals surface area contributed by atoms with E-state index in [0.29, 0.717) is 5.75 Å². The molecule has 0 saturated carbocycles. The quantitative estimate of drug-likeness (QED) is 0.434. The lowest BCUT2D eigenvalue weighted by molar-refractivity contribution is -0.384. The summed E-state index contributed by atoms with van der Waals surface area (Å²) < 4.78 is 29.8. The summed E-state index contributed by atoms with van der Waals surface area (Å²) in [5.74, 6) is -0.319. The molecular weight excluding hydrogens is 422 g/mol. The molecule has 0 bridgehead atoms. The van der Waals surface area contributed by atoms with Crippen LogP contribution in [0.25, 0.3) is 10.8 Å². The zero-order chi connectivity index (χ0) is 21.0. The molecule has 3 rings (SSSR count). The Labute approximate surface area is 170 Å². The van der Waals surface area contributed by atoms with Gasteiger partial charge in [-0.1, -0.05) is 41.9 Å². The number of amides is 1. The number of hydrazine groups is 1. The van der Waals surface area contributed by atoms with E-state index in [4.69, 9.17) is 16.3 Å². The van der Waals surface area contributed by atoms with E-state index >= 15 is 0 Å². The number of halogens is 1. The Balaban J connectivity index is 1.60. The van der Waals surface area contributed by atoms with Gasteiger partial charge in [0, 0.05) is 6.07 Å². The van der Waals surface area contributed by atoms with Crippen LogP contribution in [0.4, 0.5) is 5.69 Å². The summed E-state index contributed by atoms with van der Waals surface area (Å²) >= 11 is 5.66. The maximum absolute atomic E-state index is 12.2. The number of nitro benzene ring substituents is 1. The van der Waals surface area contributed by atoms with Crippen molar-refractivity contribution in [3.05, 3.63) is 75.8 Å². The van der Waals surface area contributed by atoms with E-state index in [1.807, 2.05) is 40.6 Å². The summed E-state index contributed by atoms with van der Waals surface area (Å²) in [4.78, 5) is 23.4. The normalized spacial score (nSPS) is 11.2. The van der Waals surface area contributed by atoms with Gasteiger partial charge < -0.3 is 4.74 Å². The monoisotopic (exact) mass is 435 g/mol. The molecule has 9 nitrogen and oxygen atoms in total. The van der Waals surface area contributed by atoms with Crippen molar-refractivity contribution in [2.75, 3.05) is 6.61 Å². The van der Waals surface area contributed by atoms with Crippen LogP contribution in [0.1, 0.15) is 0 Å². The second-order valence-corrected chi connectivity index (χ2v) is 7.91. The van der Waals surface area contributed by atoms with Crippen LogP contribution in [0.5, 0.6) is 5.75 Å². The highest BCUT2D eigenvalue weighted by Gasteiger charge is 2.21. The molecule has 0 atom stereocenters. The van der Waals surface area contributed by atoms with Crippen molar-refractivity contribution >= 4 is 44.0 Å². The number of ether oxygens (including phenoxy) is 1. The number of rotatable bonds is 7. The van der Waals surface area contributed by atoms with E-state index in [2.05, 4.69) is 0 Å². The molecule has 150 valence electrons. The maximum atomic E-state index is 12.2. The first-order valence-electron chi connectivity index (χ1n) is 8.12. The molecule has 0 radical (unpaired) electrons. The first-order valence-corrected chi connectivity index (χ1v) is 9.98. The highest BCUT2D eigenvalue weighted by Crippen LogP contribution is 2.26. The SMILES string of the molecule is O=C(COc1ccc2ccccc2c1)NNS(=O)(=O)c1ccc(Cl)c([N+](=O)[O-])c1.